The van der Waals surface area contributed by atoms with Crippen LogP contribution in [0.2, 0.25) is 26.2 Å². The standard InChI is InChI=1S/C48H41N5Si2/c1-54(2)43-22-12-8-18-39(43)51(40-19-9-13-23-44(40)54)36-28-26-34(27-29-36)47-49-48(35-16-6-5-7-17-35)53(50-47)38-32-30-37(31-33-38)52-41-20-10-14-24-45(41)55(3,4)46-25-15-11-21-42(46)52/h5-33H,1-4H3. The van der Waals surface area contributed by atoms with Crippen LogP contribution in [0.1, 0.15) is 0 Å². The third kappa shape index (κ3) is 5.26. The van der Waals surface area contributed by atoms with Crippen molar-refractivity contribution in [3.8, 4) is 28.5 Å². The van der Waals surface area contributed by atoms with Crippen molar-refractivity contribution in [1.29, 1.82) is 0 Å². The lowest BCUT2D eigenvalue weighted by Gasteiger charge is -2.41. The molecule has 0 radical (unpaired) electrons. The summed E-state index contributed by atoms with van der Waals surface area (Å²) in [5.74, 6) is 1.49. The Balaban J connectivity index is 1.03. The lowest BCUT2D eigenvalue weighted by molar-refractivity contribution is 0.890. The molecule has 3 heterocycles. The van der Waals surface area contributed by atoms with Crippen molar-refractivity contribution in [3.05, 3.63) is 176 Å². The number of benzene rings is 7. The maximum absolute atomic E-state index is 5.19. The number of hydrogen-bond donors (Lipinski definition) is 0. The number of anilines is 6. The monoisotopic (exact) mass is 743 g/mol. The summed E-state index contributed by atoms with van der Waals surface area (Å²) in [5, 5.41) is 11.0. The van der Waals surface area contributed by atoms with Crippen LogP contribution in [0.15, 0.2) is 176 Å². The van der Waals surface area contributed by atoms with Crippen LogP contribution in [0.4, 0.5) is 34.1 Å². The Hall–Kier alpha value is -6.29. The van der Waals surface area contributed by atoms with Gasteiger partial charge in [-0.2, -0.15) is 0 Å². The molecule has 0 bridgehead atoms. The summed E-state index contributed by atoms with van der Waals surface area (Å²) < 4.78 is 1.99. The number of rotatable bonds is 5. The van der Waals surface area contributed by atoms with E-state index in [1.165, 1.54) is 43.5 Å². The van der Waals surface area contributed by atoms with E-state index in [0.29, 0.717) is 5.82 Å². The van der Waals surface area contributed by atoms with Gasteiger partial charge in [0.05, 0.1) is 5.69 Å². The second-order valence-electron chi connectivity index (χ2n) is 15.6. The second-order valence-corrected chi connectivity index (χ2v) is 24.2. The molecular weight excluding hydrogens is 703 g/mol. The van der Waals surface area contributed by atoms with Crippen LogP contribution >= 0.6 is 0 Å². The molecule has 0 saturated heterocycles. The molecule has 0 amide bonds. The number of fused-ring (bicyclic) bond motifs is 4. The van der Waals surface area contributed by atoms with Crippen molar-refractivity contribution in [1.82, 2.24) is 14.8 Å². The number of aromatic nitrogens is 3. The molecule has 0 saturated carbocycles. The Morgan fingerprint density at radius 1 is 0.364 bits per heavy atom. The van der Waals surface area contributed by atoms with Gasteiger partial charge in [-0.05, 0) is 93.5 Å². The molecule has 10 rings (SSSR count). The maximum atomic E-state index is 5.19. The lowest BCUT2D eigenvalue weighted by atomic mass is 10.1. The molecule has 7 heteroatoms. The van der Waals surface area contributed by atoms with Gasteiger partial charge in [-0.1, -0.05) is 129 Å². The van der Waals surface area contributed by atoms with E-state index in [1.807, 2.05) is 10.7 Å². The molecule has 266 valence electrons. The number of para-hydroxylation sites is 4. The zero-order chi connectivity index (χ0) is 37.3. The molecule has 0 unspecified atom stereocenters. The Bertz CT molecular complexity index is 2620. The Morgan fingerprint density at radius 2 is 0.727 bits per heavy atom. The van der Waals surface area contributed by atoms with Crippen LogP contribution in [0, 0.1) is 0 Å². The molecule has 0 fully saturated rings. The zero-order valence-electron chi connectivity index (χ0n) is 31.5. The average molecular weight is 744 g/mol. The smallest absolute Gasteiger partial charge is 0.182 e. The van der Waals surface area contributed by atoms with E-state index in [0.717, 1.165) is 34.0 Å². The van der Waals surface area contributed by atoms with Crippen LogP contribution in [-0.2, 0) is 0 Å². The Morgan fingerprint density at radius 3 is 1.16 bits per heavy atom. The fraction of sp³-hybridized carbons (Fsp3) is 0.0833. The first-order valence-corrected chi connectivity index (χ1v) is 25.0. The van der Waals surface area contributed by atoms with Crippen molar-refractivity contribution in [3.63, 3.8) is 0 Å². The van der Waals surface area contributed by atoms with E-state index in [-0.39, 0.29) is 0 Å². The summed E-state index contributed by atoms with van der Waals surface area (Å²) >= 11 is 0. The van der Waals surface area contributed by atoms with E-state index >= 15 is 0 Å². The van der Waals surface area contributed by atoms with Crippen molar-refractivity contribution in [2.24, 2.45) is 0 Å². The molecule has 0 aliphatic carbocycles. The van der Waals surface area contributed by atoms with Crippen LogP contribution < -0.4 is 30.5 Å². The third-order valence-electron chi connectivity index (χ3n) is 11.6. The van der Waals surface area contributed by atoms with Crippen molar-refractivity contribution in [2.45, 2.75) is 26.2 Å². The van der Waals surface area contributed by atoms with Crippen molar-refractivity contribution in [2.75, 3.05) is 9.80 Å². The fourth-order valence-electron chi connectivity index (χ4n) is 8.79. The van der Waals surface area contributed by atoms with Gasteiger partial charge in [-0.25, -0.2) is 9.67 Å². The predicted molar refractivity (Wildman–Crippen MR) is 235 cm³/mol. The van der Waals surface area contributed by atoms with Gasteiger partial charge in [0.1, 0.15) is 16.1 Å². The highest BCUT2D eigenvalue weighted by Gasteiger charge is 2.39. The Kier molecular flexibility index (Phi) is 7.66. The molecule has 5 nitrogen and oxygen atoms in total. The van der Waals surface area contributed by atoms with E-state index in [2.05, 4.69) is 206 Å². The van der Waals surface area contributed by atoms with Gasteiger partial charge in [-0.3, -0.25) is 0 Å². The molecule has 8 aromatic rings. The molecule has 0 N–H and O–H groups in total. The number of hydrogen-bond acceptors (Lipinski definition) is 4. The molecule has 55 heavy (non-hydrogen) atoms. The first-order valence-electron chi connectivity index (χ1n) is 19.0. The van der Waals surface area contributed by atoms with Gasteiger partial charge >= 0.3 is 0 Å². The SMILES string of the molecule is C[Si]1(C)c2ccccc2N(c2ccc(-c3nc(-c4ccccc4)n(-c4ccc(N5c6ccccc6[Si](C)(C)c6ccccc65)cc4)n3)cc2)c2ccccc21. The molecule has 7 aromatic carbocycles. The highest BCUT2D eigenvalue weighted by atomic mass is 28.3. The highest BCUT2D eigenvalue weighted by molar-refractivity contribution is 7.03. The van der Waals surface area contributed by atoms with Gasteiger partial charge in [0, 0.05) is 45.3 Å². The van der Waals surface area contributed by atoms with E-state index < -0.39 is 16.1 Å². The lowest BCUT2D eigenvalue weighted by Crippen LogP contribution is -2.58. The topological polar surface area (TPSA) is 37.2 Å². The van der Waals surface area contributed by atoms with Crippen molar-refractivity contribution >= 4 is 71.0 Å². The largest absolute Gasteiger partial charge is 0.311 e. The summed E-state index contributed by atoms with van der Waals surface area (Å²) in [7, 11) is -3.71. The normalized spacial score (nSPS) is 14.8. The zero-order valence-corrected chi connectivity index (χ0v) is 33.5. The number of nitrogens with zero attached hydrogens (tertiary/aromatic N) is 5. The van der Waals surface area contributed by atoms with Crippen LogP contribution in [-0.4, -0.2) is 30.9 Å². The molecular formula is C48H41N5Si2. The minimum absolute atomic E-state index is 0.688. The minimum atomic E-state index is -1.86. The van der Waals surface area contributed by atoms with Crippen LogP contribution in [0.5, 0.6) is 0 Å². The highest BCUT2D eigenvalue weighted by Crippen LogP contribution is 2.40. The Labute approximate surface area is 324 Å². The predicted octanol–water partition coefficient (Wildman–Crippen LogP) is 9.81. The van der Waals surface area contributed by atoms with Gasteiger partial charge in [0.2, 0.25) is 0 Å². The summed E-state index contributed by atoms with van der Waals surface area (Å²) in [5.41, 5.74) is 10.3. The molecule has 2 aliphatic rings. The summed E-state index contributed by atoms with van der Waals surface area (Å²) in [6, 6.07) is 63.5. The third-order valence-corrected chi connectivity index (χ3v) is 18.7. The summed E-state index contributed by atoms with van der Waals surface area (Å²) in [6.45, 7) is 9.83. The summed E-state index contributed by atoms with van der Waals surface area (Å²) in [6.07, 6.45) is 0. The van der Waals surface area contributed by atoms with E-state index in [1.54, 1.807) is 0 Å². The first kappa shape index (κ1) is 33.3. The molecule has 1 aromatic heterocycles. The average Bonchev–Trinajstić information content (AvgIpc) is 3.68. The summed E-state index contributed by atoms with van der Waals surface area (Å²) in [4.78, 5) is 10.0. The quantitative estimate of drug-likeness (QED) is 0.165. The van der Waals surface area contributed by atoms with Crippen molar-refractivity contribution < 1.29 is 0 Å². The van der Waals surface area contributed by atoms with Gasteiger partial charge in [-0.15, -0.1) is 5.10 Å². The molecule has 0 spiro atoms. The van der Waals surface area contributed by atoms with E-state index in [9.17, 15) is 0 Å². The van der Waals surface area contributed by atoms with Crippen LogP contribution in [0.3, 0.4) is 0 Å². The van der Waals surface area contributed by atoms with Gasteiger partial charge in [0.15, 0.2) is 11.6 Å². The van der Waals surface area contributed by atoms with E-state index in [4.69, 9.17) is 10.1 Å². The minimum Gasteiger partial charge on any atom is -0.311 e. The first-order chi connectivity index (χ1) is 26.8. The molecule has 0 atom stereocenters. The molecule has 2 aliphatic heterocycles. The maximum Gasteiger partial charge on any atom is 0.182 e. The second kappa shape index (κ2) is 12.7. The van der Waals surface area contributed by atoms with Gasteiger partial charge in [0.25, 0.3) is 0 Å². The van der Waals surface area contributed by atoms with Crippen LogP contribution in [0.25, 0.3) is 28.5 Å². The van der Waals surface area contributed by atoms with Gasteiger partial charge < -0.3 is 9.80 Å². The fourth-order valence-corrected chi connectivity index (χ4v) is 14.8.